The Morgan fingerprint density at radius 2 is 1.63 bits per heavy atom. The van der Waals surface area contributed by atoms with Crippen LogP contribution < -0.4 is 5.32 Å². The number of rotatable bonds is 6. The molecule has 0 heterocycles. The summed E-state index contributed by atoms with van der Waals surface area (Å²) in [5, 5.41) is 3.01. The van der Waals surface area contributed by atoms with Gasteiger partial charge in [-0.2, -0.15) is 0 Å². The molecule has 30 heavy (non-hydrogen) atoms. The van der Waals surface area contributed by atoms with Crippen LogP contribution in [0.5, 0.6) is 0 Å². The van der Waals surface area contributed by atoms with Crippen molar-refractivity contribution >= 4 is 11.8 Å². The highest BCUT2D eigenvalue weighted by Crippen LogP contribution is 2.44. The van der Waals surface area contributed by atoms with E-state index in [1.54, 1.807) is 0 Å². The van der Waals surface area contributed by atoms with Gasteiger partial charge in [0.15, 0.2) is 0 Å². The molecule has 0 aliphatic heterocycles. The maximum Gasteiger partial charge on any atom is 0.411 e. The number of benzene rings is 3. The molecular weight excluding hydrogens is 370 g/mol. The SMILES string of the molecule is C=CCc1cccc(C(C)C)c1NC(=O)OCC1c2ccccc2-c2ccccc21. The van der Waals surface area contributed by atoms with Crippen molar-refractivity contribution in [3.63, 3.8) is 0 Å². The minimum atomic E-state index is -0.421. The van der Waals surface area contributed by atoms with E-state index in [0.29, 0.717) is 18.9 Å². The summed E-state index contributed by atoms with van der Waals surface area (Å²) < 4.78 is 5.74. The van der Waals surface area contributed by atoms with Gasteiger partial charge >= 0.3 is 6.09 Å². The zero-order chi connectivity index (χ0) is 21.1. The number of fused-ring (bicyclic) bond motifs is 3. The number of ether oxygens (including phenoxy) is 1. The average molecular weight is 398 g/mol. The van der Waals surface area contributed by atoms with Gasteiger partial charge in [0.05, 0.1) is 5.69 Å². The van der Waals surface area contributed by atoms with Gasteiger partial charge in [0.1, 0.15) is 6.61 Å². The minimum Gasteiger partial charge on any atom is -0.448 e. The van der Waals surface area contributed by atoms with Crippen LogP contribution in [0.25, 0.3) is 11.1 Å². The summed E-state index contributed by atoms with van der Waals surface area (Å²) in [6.07, 6.45) is 2.12. The second-order valence-electron chi connectivity index (χ2n) is 7.98. The standard InChI is InChI=1S/C27H27NO2/c1-4-10-19-11-9-16-20(18(2)3)26(19)28-27(29)30-17-25-23-14-7-5-12-21(23)22-13-6-8-15-24(22)25/h4-9,11-16,18,25H,1,10,17H2,2-3H3,(H,28,29). The van der Waals surface area contributed by atoms with Crippen LogP contribution in [0.3, 0.4) is 0 Å². The fourth-order valence-electron chi connectivity index (χ4n) is 4.32. The van der Waals surface area contributed by atoms with Crippen LogP contribution in [0.15, 0.2) is 79.4 Å². The van der Waals surface area contributed by atoms with E-state index in [-0.39, 0.29) is 5.92 Å². The second kappa shape index (κ2) is 8.58. The molecule has 3 aromatic carbocycles. The molecule has 0 saturated heterocycles. The second-order valence-corrected chi connectivity index (χ2v) is 7.98. The van der Waals surface area contributed by atoms with Gasteiger partial charge in [0, 0.05) is 5.92 Å². The zero-order valence-corrected chi connectivity index (χ0v) is 17.5. The van der Waals surface area contributed by atoms with Gasteiger partial charge in [-0.25, -0.2) is 4.79 Å². The Kier molecular flexibility index (Phi) is 5.71. The van der Waals surface area contributed by atoms with E-state index in [4.69, 9.17) is 4.74 Å². The Labute approximate surface area is 178 Å². The van der Waals surface area contributed by atoms with Gasteiger partial charge in [0.2, 0.25) is 0 Å². The van der Waals surface area contributed by atoms with Crippen molar-refractivity contribution < 1.29 is 9.53 Å². The largest absolute Gasteiger partial charge is 0.448 e. The smallest absolute Gasteiger partial charge is 0.411 e. The van der Waals surface area contributed by atoms with Crippen molar-refractivity contribution in [2.24, 2.45) is 0 Å². The van der Waals surface area contributed by atoms with Gasteiger partial charge in [0.25, 0.3) is 0 Å². The van der Waals surface area contributed by atoms with Gasteiger partial charge < -0.3 is 4.74 Å². The molecule has 1 aliphatic carbocycles. The van der Waals surface area contributed by atoms with E-state index in [1.807, 2.05) is 30.3 Å². The van der Waals surface area contributed by atoms with Crippen LogP contribution in [-0.4, -0.2) is 12.7 Å². The summed E-state index contributed by atoms with van der Waals surface area (Å²) in [6.45, 7) is 8.39. The van der Waals surface area contributed by atoms with Crippen molar-refractivity contribution in [2.75, 3.05) is 11.9 Å². The molecule has 3 nitrogen and oxygen atoms in total. The lowest BCUT2D eigenvalue weighted by Gasteiger charge is -2.19. The number of allylic oxidation sites excluding steroid dienone is 1. The van der Waals surface area contributed by atoms with Crippen molar-refractivity contribution in [1.29, 1.82) is 0 Å². The Bertz CT molecular complexity index is 1040. The fourth-order valence-corrected chi connectivity index (χ4v) is 4.32. The monoisotopic (exact) mass is 397 g/mol. The Hall–Kier alpha value is -3.33. The van der Waals surface area contributed by atoms with E-state index < -0.39 is 6.09 Å². The van der Waals surface area contributed by atoms with Crippen LogP contribution in [0.2, 0.25) is 0 Å². The highest BCUT2D eigenvalue weighted by molar-refractivity contribution is 5.87. The first kappa shape index (κ1) is 20.0. The van der Waals surface area contributed by atoms with Crippen LogP contribution >= 0.6 is 0 Å². The number of para-hydroxylation sites is 1. The predicted octanol–water partition coefficient (Wildman–Crippen LogP) is 6.90. The lowest BCUT2D eigenvalue weighted by molar-refractivity contribution is 0.158. The first-order valence-corrected chi connectivity index (χ1v) is 10.4. The summed E-state index contributed by atoms with van der Waals surface area (Å²) in [5.74, 6) is 0.342. The minimum absolute atomic E-state index is 0.0520. The average Bonchev–Trinajstić information content (AvgIpc) is 3.07. The molecule has 1 N–H and O–H groups in total. The molecule has 4 rings (SSSR count). The third-order valence-electron chi connectivity index (χ3n) is 5.74. The van der Waals surface area contributed by atoms with Gasteiger partial charge in [-0.05, 0) is 45.7 Å². The summed E-state index contributed by atoms with van der Waals surface area (Å²) in [5.41, 5.74) is 7.85. The van der Waals surface area contributed by atoms with Gasteiger partial charge in [-0.15, -0.1) is 6.58 Å². The van der Waals surface area contributed by atoms with E-state index in [2.05, 4.69) is 68.2 Å². The van der Waals surface area contributed by atoms with E-state index in [9.17, 15) is 4.79 Å². The third-order valence-corrected chi connectivity index (χ3v) is 5.74. The number of hydrogen-bond acceptors (Lipinski definition) is 2. The number of nitrogens with one attached hydrogen (secondary N) is 1. The number of carbonyl (C=O) groups excluding carboxylic acids is 1. The summed E-state index contributed by atoms with van der Waals surface area (Å²) in [4.78, 5) is 12.8. The van der Waals surface area contributed by atoms with Crippen molar-refractivity contribution in [3.8, 4) is 11.1 Å². The lowest BCUT2D eigenvalue weighted by atomic mass is 9.96. The predicted molar refractivity (Wildman–Crippen MR) is 123 cm³/mol. The Morgan fingerprint density at radius 1 is 1.00 bits per heavy atom. The van der Waals surface area contributed by atoms with Crippen LogP contribution in [0.4, 0.5) is 10.5 Å². The molecule has 0 fully saturated rings. The van der Waals surface area contributed by atoms with E-state index >= 15 is 0 Å². The summed E-state index contributed by atoms with van der Waals surface area (Å²) >= 11 is 0. The molecule has 152 valence electrons. The maximum atomic E-state index is 12.8. The van der Waals surface area contributed by atoms with Crippen LogP contribution in [0.1, 0.15) is 47.9 Å². The lowest BCUT2D eigenvalue weighted by Crippen LogP contribution is -2.19. The molecule has 0 saturated carbocycles. The zero-order valence-electron chi connectivity index (χ0n) is 17.5. The molecule has 0 radical (unpaired) electrons. The molecule has 0 bridgehead atoms. The first-order valence-electron chi connectivity index (χ1n) is 10.4. The quantitative estimate of drug-likeness (QED) is 0.459. The third kappa shape index (κ3) is 3.76. The summed E-state index contributed by atoms with van der Waals surface area (Å²) in [6, 6.07) is 22.8. The van der Waals surface area contributed by atoms with E-state index in [0.717, 1.165) is 16.8 Å². The first-order chi connectivity index (χ1) is 14.6. The number of anilines is 1. The van der Waals surface area contributed by atoms with Crippen molar-refractivity contribution in [2.45, 2.75) is 32.1 Å². The molecule has 0 spiro atoms. The molecule has 0 atom stereocenters. The number of amides is 1. The highest BCUT2D eigenvalue weighted by Gasteiger charge is 2.29. The Balaban J connectivity index is 1.54. The van der Waals surface area contributed by atoms with Crippen LogP contribution in [0, 0.1) is 0 Å². The maximum absolute atomic E-state index is 12.8. The molecular formula is C27H27NO2. The molecule has 1 amide bonds. The molecule has 1 aliphatic rings. The topological polar surface area (TPSA) is 38.3 Å². The molecule has 3 heteroatoms. The molecule has 3 aromatic rings. The Morgan fingerprint density at radius 3 is 2.23 bits per heavy atom. The fraction of sp³-hybridized carbons (Fsp3) is 0.222. The highest BCUT2D eigenvalue weighted by atomic mass is 16.5. The number of hydrogen-bond donors (Lipinski definition) is 1. The molecule has 0 aromatic heterocycles. The molecule has 0 unspecified atom stereocenters. The summed E-state index contributed by atoms with van der Waals surface area (Å²) in [7, 11) is 0. The normalized spacial score (nSPS) is 12.4. The van der Waals surface area contributed by atoms with Crippen molar-refractivity contribution in [1.82, 2.24) is 0 Å². The van der Waals surface area contributed by atoms with Crippen LogP contribution in [-0.2, 0) is 11.2 Å². The van der Waals surface area contributed by atoms with Gasteiger partial charge in [-0.1, -0.05) is 86.7 Å². The van der Waals surface area contributed by atoms with Gasteiger partial charge in [-0.3, -0.25) is 5.32 Å². The van der Waals surface area contributed by atoms with Crippen molar-refractivity contribution in [3.05, 3.63) is 102 Å². The number of carbonyl (C=O) groups is 1. The van der Waals surface area contributed by atoms with E-state index in [1.165, 1.54) is 22.3 Å².